The zero-order valence-corrected chi connectivity index (χ0v) is 16.9. The van der Waals surface area contributed by atoms with Crippen molar-refractivity contribution in [2.45, 2.75) is 38.5 Å². The molecule has 3 rings (SSSR count). The van der Waals surface area contributed by atoms with E-state index in [-0.39, 0.29) is 19.5 Å². The van der Waals surface area contributed by atoms with E-state index in [1.54, 1.807) is 6.20 Å². The van der Waals surface area contributed by atoms with E-state index in [1.807, 2.05) is 30.9 Å². The predicted molar refractivity (Wildman–Crippen MR) is 105 cm³/mol. The number of hydrogen-bond acceptors (Lipinski definition) is 8. The number of carbonyl (C=O) groups is 1. The third-order valence-electron chi connectivity index (χ3n) is 4.38. The van der Waals surface area contributed by atoms with Crippen LogP contribution in [0.5, 0.6) is 0 Å². The fourth-order valence-corrected chi connectivity index (χ4v) is 3.69. The maximum atomic E-state index is 13.1. The van der Waals surface area contributed by atoms with Gasteiger partial charge in [0.05, 0.1) is 23.7 Å². The number of alkyl halides is 3. The largest absolute Gasteiger partial charge is 0.351 e. The molecule has 0 aliphatic carbocycles. The molecule has 1 saturated heterocycles. The van der Waals surface area contributed by atoms with Gasteiger partial charge in [-0.05, 0) is 31.4 Å². The first-order valence-corrected chi connectivity index (χ1v) is 9.65. The SMILES string of the molecule is Cc1cc(Nc2ncc(C)c(N3CC(CC#N)(NC(=O)NC(F)C(F)F)C3)n2)sn1. The molecule has 13 heteroatoms. The van der Waals surface area contributed by atoms with Crippen LogP contribution in [0.4, 0.5) is 34.7 Å². The maximum Gasteiger partial charge on any atom is 0.317 e. The molecule has 3 N–H and O–H groups in total. The molecular formula is C17H19F3N8OS. The summed E-state index contributed by atoms with van der Waals surface area (Å²) in [5.41, 5.74) is 0.642. The van der Waals surface area contributed by atoms with Crippen molar-refractivity contribution in [2.24, 2.45) is 0 Å². The lowest BCUT2D eigenvalue weighted by atomic mass is 9.86. The molecule has 9 nitrogen and oxygen atoms in total. The molecule has 1 unspecified atom stereocenters. The standard InChI is InChI=1S/C17H19F3N8OS/c1-9-6-22-15(23-11-5-10(2)27-30-11)25-14(9)28-7-17(8-28,3-4-21)26-16(29)24-13(20)12(18)19/h5-6,12-13H,3,7-8H2,1-2H3,(H,22,23,25)(H2,24,26,29). The molecule has 0 aromatic carbocycles. The van der Waals surface area contributed by atoms with Crippen molar-refractivity contribution in [3.8, 4) is 6.07 Å². The number of rotatable bonds is 7. The highest BCUT2D eigenvalue weighted by Gasteiger charge is 2.45. The summed E-state index contributed by atoms with van der Waals surface area (Å²) in [5.74, 6) is 0.959. The number of amides is 2. The Labute approximate surface area is 174 Å². The van der Waals surface area contributed by atoms with Gasteiger partial charge in [0.2, 0.25) is 12.2 Å². The van der Waals surface area contributed by atoms with Crippen LogP contribution < -0.4 is 20.9 Å². The van der Waals surface area contributed by atoms with Crippen LogP contribution in [0.25, 0.3) is 0 Å². The zero-order chi connectivity index (χ0) is 21.9. The molecule has 160 valence electrons. The third kappa shape index (κ3) is 4.88. The number of halogens is 3. The Kier molecular flexibility index (Phi) is 6.25. The van der Waals surface area contributed by atoms with Gasteiger partial charge in [-0.3, -0.25) is 0 Å². The van der Waals surface area contributed by atoms with E-state index in [0.717, 1.165) is 16.3 Å². The van der Waals surface area contributed by atoms with E-state index in [0.29, 0.717) is 11.8 Å². The second kappa shape index (κ2) is 8.70. The van der Waals surface area contributed by atoms with E-state index in [4.69, 9.17) is 5.26 Å². The van der Waals surface area contributed by atoms with Crippen LogP contribution in [0.2, 0.25) is 0 Å². The quantitative estimate of drug-likeness (QED) is 0.566. The molecule has 1 aliphatic heterocycles. The Bertz CT molecular complexity index is 957. The van der Waals surface area contributed by atoms with E-state index in [2.05, 4.69) is 25.0 Å². The Balaban J connectivity index is 1.68. The van der Waals surface area contributed by atoms with Gasteiger partial charge in [-0.25, -0.2) is 22.9 Å². The molecule has 0 saturated carbocycles. The number of urea groups is 1. The fourth-order valence-electron chi connectivity index (χ4n) is 3.03. The molecule has 1 fully saturated rings. The Morgan fingerprint density at radius 3 is 2.73 bits per heavy atom. The summed E-state index contributed by atoms with van der Waals surface area (Å²) >= 11 is 1.27. The lowest BCUT2D eigenvalue weighted by Crippen LogP contribution is -2.72. The van der Waals surface area contributed by atoms with Crippen LogP contribution in [0.3, 0.4) is 0 Å². The molecule has 0 bridgehead atoms. The third-order valence-corrected chi connectivity index (χ3v) is 5.18. The van der Waals surface area contributed by atoms with Crippen molar-refractivity contribution in [1.82, 2.24) is 25.0 Å². The summed E-state index contributed by atoms with van der Waals surface area (Å²) in [7, 11) is 0. The van der Waals surface area contributed by atoms with Crippen molar-refractivity contribution in [1.29, 1.82) is 5.26 Å². The van der Waals surface area contributed by atoms with Crippen LogP contribution in [0, 0.1) is 25.2 Å². The van der Waals surface area contributed by atoms with Gasteiger partial charge in [0.15, 0.2) is 0 Å². The topological polar surface area (TPSA) is 119 Å². The van der Waals surface area contributed by atoms with Crippen LogP contribution >= 0.6 is 11.5 Å². The number of nitriles is 1. The Hall–Kier alpha value is -3.14. The highest BCUT2D eigenvalue weighted by Crippen LogP contribution is 2.32. The van der Waals surface area contributed by atoms with E-state index < -0.39 is 24.3 Å². The number of nitrogens with one attached hydrogen (secondary N) is 3. The van der Waals surface area contributed by atoms with Gasteiger partial charge in [0, 0.05) is 24.8 Å². The summed E-state index contributed by atoms with van der Waals surface area (Å²) in [6, 6.07) is 2.72. The zero-order valence-electron chi connectivity index (χ0n) is 16.1. The molecule has 2 aromatic rings. The highest BCUT2D eigenvalue weighted by atomic mass is 32.1. The van der Waals surface area contributed by atoms with Gasteiger partial charge in [-0.2, -0.15) is 14.6 Å². The van der Waals surface area contributed by atoms with Crippen LogP contribution in [-0.2, 0) is 0 Å². The number of nitrogens with zero attached hydrogens (tertiary/aromatic N) is 5. The summed E-state index contributed by atoms with van der Waals surface area (Å²) in [6.45, 7) is 4.09. The molecule has 3 heterocycles. The maximum absolute atomic E-state index is 13.1. The second-order valence-corrected chi connectivity index (χ2v) is 7.77. The smallest absolute Gasteiger partial charge is 0.317 e. The van der Waals surface area contributed by atoms with Crippen molar-refractivity contribution < 1.29 is 18.0 Å². The molecule has 0 spiro atoms. The van der Waals surface area contributed by atoms with Gasteiger partial charge >= 0.3 is 6.03 Å². The first kappa shape index (κ1) is 21.6. The van der Waals surface area contributed by atoms with Gasteiger partial charge in [-0.15, -0.1) is 0 Å². The van der Waals surface area contributed by atoms with Crippen LogP contribution in [-0.4, -0.2) is 51.7 Å². The van der Waals surface area contributed by atoms with Crippen molar-refractivity contribution in [2.75, 3.05) is 23.3 Å². The van der Waals surface area contributed by atoms with Gasteiger partial charge < -0.3 is 20.9 Å². The lowest BCUT2D eigenvalue weighted by Gasteiger charge is -2.50. The van der Waals surface area contributed by atoms with Gasteiger partial charge in [0.25, 0.3) is 6.43 Å². The van der Waals surface area contributed by atoms with Crippen LogP contribution in [0.15, 0.2) is 12.3 Å². The molecule has 2 amide bonds. The summed E-state index contributed by atoms with van der Waals surface area (Å²) < 4.78 is 41.8. The average Bonchev–Trinajstić information content (AvgIpc) is 3.05. The molecule has 2 aromatic heterocycles. The first-order valence-electron chi connectivity index (χ1n) is 8.88. The number of aryl methyl sites for hydroxylation is 2. The van der Waals surface area contributed by atoms with E-state index >= 15 is 0 Å². The minimum Gasteiger partial charge on any atom is -0.351 e. The second-order valence-electron chi connectivity index (χ2n) is 6.96. The van der Waals surface area contributed by atoms with E-state index in [9.17, 15) is 18.0 Å². The molecule has 0 radical (unpaired) electrons. The van der Waals surface area contributed by atoms with Crippen LogP contribution in [0.1, 0.15) is 17.7 Å². The molecule has 1 aliphatic rings. The fraction of sp³-hybridized carbons (Fsp3) is 0.471. The predicted octanol–water partition coefficient (Wildman–Crippen LogP) is 2.63. The Morgan fingerprint density at radius 2 is 2.13 bits per heavy atom. The molecule has 30 heavy (non-hydrogen) atoms. The van der Waals surface area contributed by atoms with Crippen molar-refractivity contribution in [3.63, 3.8) is 0 Å². The summed E-state index contributed by atoms with van der Waals surface area (Å²) in [4.78, 5) is 22.4. The van der Waals surface area contributed by atoms with Gasteiger partial charge in [-0.1, -0.05) is 0 Å². The first-order chi connectivity index (χ1) is 14.2. The van der Waals surface area contributed by atoms with E-state index in [1.165, 1.54) is 16.8 Å². The minimum atomic E-state index is -3.34. The van der Waals surface area contributed by atoms with Crippen molar-refractivity contribution >= 4 is 34.3 Å². The lowest BCUT2D eigenvalue weighted by molar-refractivity contribution is 0.0358. The molecular weight excluding hydrogens is 421 g/mol. The van der Waals surface area contributed by atoms with Gasteiger partial charge in [0.1, 0.15) is 10.8 Å². The summed E-state index contributed by atoms with van der Waals surface area (Å²) in [5, 5.41) is 16.9. The average molecular weight is 440 g/mol. The number of anilines is 3. The number of aromatic nitrogens is 3. The number of hydrogen-bond donors (Lipinski definition) is 3. The normalized spacial score (nSPS) is 15.8. The minimum absolute atomic E-state index is 0.0715. The summed E-state index contributed by atoms with van der Waals surface area (Å²) in [6.07, 6.45) is -4.55. The molecule has 1 atom stereocenters. The monoisotopic (exact) mass is 440 g/mol. The number of carbonyl (C=O) groups excluding carboxylic acids is 1. The Morgan fingerprint density at radius 1 is 1.40 bits per heavy atom. The highest BCUT2D eigenvalue weighted by molar-refractivity contribution is 7.10. The van der Waals surface area contributed by atoms with Crippen molar-refractivity contribution in [3.05, 3.63) is 23.5 Å².